The van der Waals surface area contributed by atoms with E-state index in [2.05, 4.69) is 4.90 Å². The Morgan fingerprint density at radius 1 is 1.53 bits per heavy atom. The maximum absolute atomic E-state index is 10.7. The van der Waals surface area contributed by atoms with Crippen molar-refractivity contribution in [2.24, 2.45) is 0 Å². The van der Waals surface area contributed by atoms with Crippen LogP contribution in [0.2, 0.25) is 0 Å². The molecular weight excluding hydrogens is 218 g/mol. The smallest absolute Gasteiger partial charge is 0.287 e. The van der Waals surface area contributed by atoms with Gasteiger partial charge < -0.3 is 4.90 Å². The van der Waals surface area contributed by atoms with Crippen LogP contribution in [-0.2, 0) is 0 Å². The largest absolute Gasteiger partial charge is 0.369 e. The van der Waals surface area contributed by atoms with E-state index in [4.69, 9.17) is 5.26 Å². The predicted octanol–water partition coefficient (Wildman–Crippen LogP) is 2.70. The summed E-state index contributed by atoms with van der Waals surface area (Å²) < 4.78 is 0. The van der Waals surface area contributed by atoms with E-state index in [0.29, 0.717) is 0 Å². The van der Waals surface area contributed by atoms with Crippen molar-refractivity contribution in [2.45, 2.75) is 26.8 Å². The lowest BCUT2D eigenvalue weighted by Crippen LogP contribution is -2.30. The van der Waals surface area contributed by atoms with E-state index in [9.17, 15) is 10.1 Å². The van der Waals surface area contributed by atoms with Crippen LogP contribution in [0.25, 0.3) is 0 Å². The molecule has 1 aromatic carbocycles. The lowest BCUT2D eigenvalue weighted by molar-refractivity contribution is -0.385. The molecule has 90 valence electrons. The number of nitriles is 1. The molecule has 17 heavy (non-hydrogen) atoms. The minimum atomic E-state index is -0.534. The Balaban J connectivity index is 3.22. The van der Waals surface area contributed by atoms with Crippen LogP contribution in [0, 0.1) is 21.4 Å². The van der Waals surface area contributed by atoms with Crippen molar-refractivity contribution >= 4 is 11.4 Å². The van der Waals surface area contributed by atoms with Gasteiger partial charge in [-0.15, -0.1) is 0 Å². The molecule has 0 heterocycles. The fourth-order valence-corrected chi connectivity index (χ4v) is 1.80. The van der Waals surface area contributed by atoms with Crippen molar-refractivity contribution < 1.29 is 4.92 Å². The first kappa shape index (κ1) is 13.0. The van der Waals surface area contributed by atoms with Crippen molar-refractivity contribution in [3.05, 3.63) is 33.9 Å². The summed E-state index contributed by atoms with van der Waals surface area (Å²) in [5, 5.41) is 19.6. The SMILES string of the molecule is CCN(c1ccc([N+](=O)[O-])c(C#N)c1)C(C)C. The number of benzene rings is 1. The molecule has 0 saturated heterocycles. The molecular formula is C12H15N3O2. The summed E-state index contributed by atoms with van der Waals surface area (Å²) in [6.07, 6.45) is 0. The molecule has 0 spiro atoms. The fourth-order valence-electron chi connectivity index (χ4n) is 1.80. The van der Waals surface area contributed by atoms with Gasteiger partial charge in [-0.3, -0.25) is 10.1 Å². The number of hydrogen-bond donors (Lipinski definition) is 0. The van der Waals surface area contributed by atoms with Gasteiger partial charge in [0.1, 0.15) is 11.6 Å². The zero-order valence-electron chi connectivity index (χ0n) is 10.2. The van der Waals surface area contributed by atoms with Gasteiger partial charge in [0.05, 0.1) is 4.92 Å². The predicted molar refractivity (Wildman–Crippen MR) is 66.0 cm³/mol. The van der Waals surface area contributed by atoms with Crippen LogP contribution in [0.15, 0.2) is 18.2 Å². The number of hydrogen-bond acceptors (Lipinski definition) is 4. The molecule has 0 aliphatic carbocycles. The summed E-state index contributed by atoms with van der Waals surface area (Å²) in [6, 6.07) is 6.79. The molecule has 1 rings (SSSR count). The molecule has 0 unspecified atom stereocenters. The number of anilines is 1. The summed E-state index contributed by atoms with van der Waals surface area (Å²) in [6.45, 7) is 6.88. The van der Waals surface area contributed by atoms with Crippen molar-refractivity contribution in [1.82, 2.24) is 0 Å². The fraction of sp³-hybridized carbons (Fsp3) is 0.417. The van der Waals surface area contributed by atoms with E-state index in [1.54, 1.807) is 12.1 Å². The first-order chi connectivity index (χ1) is 8.01. The number of nitrogens with zero attached hydrogens (tertiary/aromatic N) is 3. The highest BCUT2D eigenvalue weighted by Gasteiger charge is 2.16. The van der Waals surface area contributed by atoms with Gasteiger partial charge in [-0.25, -0.2) is 0 Å². The third-order valence-electron chi connectivity index (χ3n) is 2.59. The molecule has 1 aromatic rings. The number of nitro groups is 1. The molecule has 0 bridgehead atoms. The van der Waals surface area contributed by atoms with Crippen LogP contribution in [0.5, 0.6) is 0 Å². The maximum atomic E-state index is 10.7. The van der Waals surface area contributed by atoms with Crippen molar-refractivity contribution in [3.8, 4) is 6.07 Å². The van der Waals surface area contributed by atoms with Gasteiger partial charge in [-0.2, -0.15) is 5.26 Å². The Morgan fingerprint density at radius 2 is 2.18 bits per heavy atom. The second-order valence-corrected chi connectivity index (χ2v) is 3.95. The van der Waals surface area contributed by atoms with Crippen molar-refractivity contribution in [3.63, 3.8) is 0 Å². The second-order valence-electron chi connectivity index (χ2n) is 3.95. The highest BCUT2D eigenvalue weighted by molar-refractivity contribution is 5.60. The standard InChI is InChI=1S/C12H15N3O2/c1-4-14(9(2)3)11-5-6-12(15(16)17)10(7-11)8-13/h5-7,9H,4H2,1-3H3. The van der Waals surface area contributed by atoms with Crippen LogP contribution in [0.1, 0.15) is 26.3 Å². The lowest BCUT2D eigenvalue weighted by Gasteiger charge is -2.27. The normalized spacial score (nSPS) is 10.1. The topological polar surface area (TPSA) is 70.2 Å². The highest BCUT2D eigenvalue weighted by Crippen LogP contribution is 2.25. The van der Waals surface area contributed by atoms with Gasteiger partial charge in [0.2, 0.25) is 0 Å². The highest BCUT2D eigenvalue weighted by atomic mass is 16.6. The van der Waals surface area contributed by atoms with Crippen molar-refractivity contribution in [1.29, 1.82) is 5.26 Å². The van der Waals surface area contributed by atoms with E-state index < -0.39 is 4.92 Å². The Bertz CT molecular complexity index is 463. The number of nitro benzene ring substituents is 1. The van der Waals surface area contributed by atoms with E-state index in [1.807, 2.05) is 26.8 Å². The molecule has 5 heteroatoms. The van der Waals surface area contributed by atoms with Gasteiger partial charge in [0.25, 0.3) is 5.69 Å². The minimum absolute atomic E-state index is 0.103. The van der Waals surface area contributed by atoms with Gasteiger partial charge in [0.15, 0.2) is 0 Å². The van der Waals surface area contributed by atoms with Crippen LogP contribution in [0.3, 0.4) is 0 Å². The van der Waals surface area contributed by atoms with Crippen LogP contribution in [0.4, 0.5) is 11.4 Å². The van der Waals surface area contributed by atoms with E-state index in [0.717, 1.165) is 12.2 Å². The summed E-state index contributed by atoms with van der Waals surface area (Å²) in [5.41, 5.74) is 0.798. The monoisotopic (exact) mass is 233 g/mol. The average molecular weight is 233 g/mol. The van der Waals surface area contributed by atoms with Gasteiger partial charge in [0, 0.05) is 24.3 Å². The number of rotatable bonds is 4. The molecule has 0 radical (unpaired) electrons. The van der Waals surface area contributed by atoms with E-state index >= 15 is 0 Å². The summed E-state index contributed by atoms with van der Waals surface area (Å²) >= 11 is 0. The molecule has 0 aliphatic heterocycles. The minimum Gasteiger partial charge on any atom is -0.369 e. The molecule has 0 saturated carbocycles. The first-order valence-electron chi connectivity index (χ1n) is 5.46. The van der Waals surface area contributed by atoms with Crippen LogP contribution >= 0.6 is 0 Å². The molecule has 0 fully saturated rings. The molecule has 0 amide bonds. The molecule has 0 N–H and O–H groups in total. The third-order valence-corrected chi connectivity index (χ3v) is 2.59. The first-order valence-corrected chi connectivity index (χ1v) is 5.46. The van der Waals surface area contributed by atoms with Gasteiger partial charge in [-0.1, -0.05) is 0 Å². The zero-order chi connectivity index (χ0) is 13.0. The quantitative estimate of drug-likeness (QED) is 0.592. The molecule has 0 atom stereocenters. The molecule has 0 aromatic heterocycles. The average Bonchev–Trinajstić information content (AvgIpc) is 2.28. The van der Waals surface area contributed by atoms with Crippen LogP contribution in [-0.4, -0.2) is 17.5 Å². The summed E-state index contributed by atoms with van der Waals surface area (Å²) in [7, 11) is 0. The molecule has 5 nitrogen and oxygen atoms in total. The summed E-state index contributed by atoms with van der Waals surface area (Å²) in [4.78, 5) is 12.2. The third kappa shape index (κ3) is 2.72. The Morgan fingerprint density at radius 3 is 2.59 bits per heavy atom. The maximum Gasteiger partial charge on any atom is 0.287 e. The summed E-state index contributed by atoms with van der Waals surface area (Å²) in [5.74, 6) is 0. The van der Waals surface area contributed by atoms with E-state index in [-0.39, 0.29) is 17.3 Å². The van der Waals surface area contributed by atoms with E-state index in [1.165, 1.54) is 6.07 Å². The van der Waals surface area contributed by atoms with Crippen molar-refractivity contribution in [2.75, 3.05) is 11.4 Å². The van der Waals surface area contributed by atoms with Gasteiger partial charge in [-0.05, 0) is 32.9 Å². The Labute approximate surface area is 100 Å². The Kier molecular flexibility index (Phi) is 4.05. The second kappa shape index (κ2) is 5.30. The Hall–Kier alpha value is -2.09. The zero-order valence-corrected chi connectivity index (χ0v) is 10.2. The van der Waals surface area contributed by atoms with Gasteiger partial charge >= 0.3 is 0 Å². The van der Waals surface area contributed by atoms with Crippen LogP contribution < -0.4 is 4.90 Å². The molecule has 0 aliphatic rings. The lowest BCUT2D eigenvalue weighted by atomic mass is 10.1.